The first-order valence-corrected chi connectivity index (χ1v) is 12.2. The van der Waals surface area contributed by atoms with E-state index < -0.39 is 23.0 Å². The molecule has 172 valence electrons. The van der Waals surface area contributed by atoms with Gasteiger partial charge in [0.05, 0.1) is 5.92 Å². The Balaban J connectivity index is 1.61. The van der Waals surface area contributed by atoms with Crippen molar-refractivity contribution >= 4 is 17.6 Å². The van der Waals surface area contributed by atoms with Crippen molar-refractivity contribution in [3.05, 3.63) is 0 Å². The number of carbonyl (C=O) groups excluding carboxylic acids is 3. The van der Waals surface area contributed by atoms with E-state index in [1.54, 1.807) is 0 Å². The number of hydrogen-bond donors (Lipinski definition) is 2. The second-order valence-corrected chi connectivity index (χ2v) is 12.7. The standard InChI is InChI=1S/C25H38N2O4/c1-22(2,3)27-21(30)16-11-17(28)19-25(31-19)12-13(20(26)29)18-14-7-6-9-23(14,4)10-8-15(18)24(16,25)5/h13-16,18-19H,6-12H2,1-5H3,(H2,26,29)(H,27,30)/t13?,14-,15+,16?,18-,19?,23-,24-,25?/m0/s1. The molecule has 4 aliphatic carbocycles. The molecule has 6 heteroatoms. The van der Waals surface area contributed by atoms with Gasteiger partial charge < -0.3 is 15.8 Å². The van der Waals surface area contributed by atoms with E-state index in [0.29, 0.717) is 12.3 Å². The van der Waals surface area contributed by atoms with Gasteiger partial charge in [-0.2, -0.15) is 0 Å². The first kappa shape index (κ1) is 21.4. The molecule has 1 spiro atoms. The van der Waals surface area contributed by atoms with Crippen LogP contribution in [0.15, 0.2) is 0 Å². The van der Waals surface area contributed by atoms with E-state index in [1.807, 2.05) is 20.8 Å². The van der Waals surface area contributed by atoms with Crippen molar-refractivity contribution in [3.63, 3.8) is 0 Å². The number of carbonyl (C=O) groups is 3. The predicted molar refractivity (Wildman–Crippen MR) is 116 cm³/mol. The Labute approximate surface area is 185 Å². The fraction of sp³-hybridized carbons (Fsp3) is 0.880. The Morgan fingerprint density at radius 3 is 2.48 bits per heavy atom. The van der Waals surface area contributed by atoms with E-state index >= 15 is 0 Å². The Morgan fingerprint density at radius 2 is 1.84 bits per heavy atom. The highest BCUT2D eigenvalue weighted by Gasteiger charge is 2.81. The Kier molecular flexibility index (Phi) is 4.37. The number of hydrogen-bond acceptors (Lipinski definition) is 4. The summed E-state index contributed by atoms with van der Waals surface area (Å²) in [6.07, 6.45) is 5.87. The summed E-state index contributed by atoms with van der Waals surface area (Å²) in [6, 6.07) is 0. The predicted octanol–water partition coefficient (Wildman–Crippen LogP) is 2.97. The SMILES string of the molecule is CC(C)(C)NC(=O)C1CC(=O)C2OC23CC(C(N)=O)[C@@H]2[C@@H](CC[C@]4(C)CCC[C@@H]24)[C@@]13C. The van der Waals surface area contributed by atoms with E-state index in [-0.39, 0.29) is 52.7 Å². The number of primary amides is 1. The molecule has 5 rings (SSSR count). The summed E-state index contributed by atoms with van der Waals surface area (Å²) in [5.41, 5.74) is 4.71. The summed E-state index contributed by atoms with van der Waals surface area (Å²) in [5, 5.41) is 3.15. The van der Waals surface area contributed by atoms with Crippen LogP contribution in [0.1, 0.15) is 79.6 Å². The third-order valence-corrected chi connectivity index (χ3v) is 10.1. The van der Waals surface area contributed by atoms with Gasteiger partial charge in [-0.3, -0.25) is 14.4 Å². The molecule has 0 radical (unpaired) electrons. The first-order chi connectivity index (χ1) is 14.3. The van der Waals surface area contributed by atoms with Gasteiger partial charge in [0.2, 0.25) is 11.8 Å². The van der Waals surface area contributed by atoms with Crippen molar-refractivity contribution in [1.29, 1.82) is 0 Å². The third-order valence-electron chi connectivity index (χ3n) is 10.1. The summed E-state index contributed by atoms with van der Waals surface area (Å²) < 4.78 is 6.22. The summed E-state index contributed by atoms with van der Waals surface area (Å²) in [6.45, 7) is 10.5. The lowest BCUT2D eigenvalue weighted by Gasteiger charge is -2.62. The fourth-order valence-corrected chi connectivity index (χ4v) is 8.69. The third kappa shape index (κ3) is 2.75. The van der Waals surface area contributed by atoms with Crippen LogP contribution in [0, 0.1) is 40.4 Å². The first-order valence-electron chi connectivity index (χ1n) is 12.2. The molecule has 0 bridgehead atoms. The lowest BCUT2D eigenvalue weighted by Crippen LogP contribution is -2.67. The van der Waals surface area contributed by atoms with Crippen LogP contribution in [-0.2, 0) is 19.1 Å². The number of amides is 2. The monoisotopic (exact) mass is 430 g/mol. The molecule has 4 unspecified atom stereocenters. The van der Waals surface area contributed by atoms with Crippen molar-refractivity contribution in [1.82, 2.24) is 5.32 Å². The number of nitrogens with two attached hydrogens (primary N) is 1. The van der Waals surface area contributed by atoms with Crippen molar-refractivity contribution in [2.45, 2.75) is 96.8 Å². The van der Waals surface area contributed by atoms with Gasteiger partial charge in [-0.1, -0.05) is 20.3 Å². The van der Waals surface area contributed by atoms with Gasteiger partial charge in [0, 0.05) is 23.3 Å². The molecule has 1 heterocycles. The molecule has 3 N–H and O–H groups in total. The molecule has 0 aromatic rings. The van der Waals surface area contributed by atoms with Gasteiger partial charge in [-0.25, -0.2) is 0 Å². The van der Waals surface area contributed by atoms with Gasteiger partial charge >= 0.3 is 0 Å². The molecule has 0 aromatic heterocycles. The van der Waals surface area contributed by atoms with E-state index in [9.17, 15) is 14.4 Å². The maximum absolute atomic E-state index is 13.6. The van der Waals surface area contributed by atoms with Crippen LogP contribution in [-0.4, -0.2) is 34.8 Å². The molecule has 4 saturated carbocycles. The molecule has 31 heavy (non-hydrogen) atoms. The molecule has 9 atom stereocenters. The number of Topliss-reactive ketones (excluding diaryl/α,β-unsaturated/α-hetero) is 1. The normalized spacial score (nSPS) is 50.5. The lowest BCUT2D eigenvalue weighted by atomic mass is 9.40. The average Bonchev–Trinajstić information content (AvgIpc) is 3.26. The van der Waals surface area contributed by atoms with Crippen LogP contribution >= 0.6 is 0 Å². The Hall–Kier alpha value is -1.43. The van der Waals surface area contributed by atoms with Gasteiger partial charge in [-0.15, -0.1) is 0 Å². The summed E-state index contributed by atoms with van der Waals surface area (Å²) in [7, 11) is 0. The number of ether oxygens (including phenoxy) is 1. The molecule has 6 nitrogen and oxygen atoms in total. The molecule has 5 fully saturated rings. The lowest BCUT2D eigenvalue weighted by molar-refractivity contribution is -0.174. The quantitative estimate of drug-likeness (QED) is 0.658. The van der Waals surface area contributed by atoms with E-state index in [2.05, 4.69) is 19.2 Å². The van der Waals surface area contributed by atoms with Crippen molar-refractivity contribution in [2.24, 2.45) is 46.2 Å². The average molecular weight is 431 g/mol. The van der Waals surface area contributed by atoms with Crippen LogP contribution in [0.25, 0.3) is 0 Å². The molecule has 1 aliphatic heterocycles. The summed E-state index contributed by atoms with van der Waals surface area (Å²) in [4.78, 5) is 39.2. The largest absolute Gasteiger partial charge is 0.369 e. The van der Waals surface area contributed by atoms with E-state index in [0.717, 1.165) is 19.3 Å². The van der Waals surface area contributed by atoms with Gasteiger partial charge in [0.15, 0.2) is 5.78 Å². The molecular formula is C25H38N2O4. The van der Waals surface area contributed by atoms with Crippen LogP contribution in [0.4, 0.5) is 0 Å². The van der Waals surface area contributed by atoms with E-state index in [4.69, 9.17) is 10.5 Å². The van der Waals surface area contributed by atoms with Gasteiger partial charge in [0.25, 0.3) is 0 Å². The minimum absolute atomic E-state index is 0.00900. The van der Waals surface area contributed by atoms with Crippen molar-refractivity contribution < 1.29 is 19.1 Å². The highest BCUT2D eigenvalue weighted by molar-refractivity contribution is 5.95. The minimum atomic E-state index is -0.713. The van der Waals surface area contributed by atoms with Crippen molar-refractivity contribution in [3.8, 4) is 0 Å². The van der Waals surface area contributed by atoms with Gasteiger partial charge in [-0.05, 0) is 76.0 Å². The van der Waals surface area contributed by atoms with E-state index in [1.165, 1.54) is 12.8 Å². The highest BCUT2D eigenvalue weighted by atomic mass is 16.6. The summed E-state index contributed by atoms with van der Waals surface area (Å²) >= 11 is 0. The molecule has 2 amide bonds. The Morgan fingerprint density at radius 1 is 1.13 bits per heavy atom. The molecular weight excluding hydrogens is 392 g/mol. The second-order valence-electron chi connectivity index (χ2n) is 12.7. The van der Waals surface area contributed by atoms with Crippen molar-refractivity contribution in [2.75, 3.05) is 0 Å². The number of nitrogens with one attached hydrogen (secondary N) is 1. The minimum Gasteiger partial charge on any atom is -0.369 e. The smallest absolute Gasteiger partial charge is 0.224 e. The zero-order valence-corrected chi connectivity index (χ0v) is 19.6. The van der Waals surface area contributed by atoms with Crippen LogP contribution in [0.2, 0.25) is 0 Å². The zero-order chi connectivity index (χ0) is 22.6. The second kappa shape index (κ2) is 6.33. The Bertz CT molecular complexity index is 849. The number of rotatable bonds is 2. The summed E-state index contributed by atoms with van der Waals surface area (Å²) in [5.74, 6) is -0.193. The number of epoxide rings is 1. The molecule has 1 saturated heterocycles. The molecule has 0 aromatic carbocycles. The maximum atomic E-state index is 13.6. The number of ketones is 1. The van der Waals surface area contributed by atoms with Crippen LogP contribution in [0.5, 0.6) is 0 Å². The highest BCUT2D eigenvalue weighted by Crippen LogP contribution is 2.74. The zero-order valence-electron chi connectivity index (χ0n) is 19.6. The van der Waals surface area contributed by atoms with Crippen LogP contribution in [0.3, 0.4) is 0 Å². The van der Waals surface area contributed by atoms with Gasteiger partial charge in [0.1, 0.15) is 11.7 Å². The molecule has 5 aliphatic rings. The maximum Gasteiger partial charge on any atom is 0.224 e. The number of fused-ring (bicyclic) bond motifs is 4. The fourth-order valence-electron chi connectivity index (χ4n) is 8.69. The van der Waals surface area contributed by atoms with Crippen LogP contribution < -0.4 is 11.1 Å². The topological polar surface area (TPSA) is 102 Å².